The molecule has 0 radical (unpaired) electrons. The minimum absolute atomic E-state index is 0.168. The fourth-order valence-corrected chi connectivity index (χ4v) is 2.22. The molecule has 0 spiro atoms. The highest BCUT2D eigenvalue weighted by Gasteiger charge is 2.37. The molecule has 6 heteroatoms. The Morgan fingerprint density at radius 3 is 1.50 bits per heavy atom. The minimum Gasteiger partial charge on any atom is -0.369 e. The fraction of sp³-hybridized carbons (Fsp3) is 0.800. The lowest BCUT2D eigenvalue weighted by molar-refractivity contribution is -0.170. The van der Waals surface area contributed by atoms with E-state index in [1.807, 2.05) is 0 Å². The zero-order valence-corrected chi connectivity index (χ0v) is 9.00. The maximum absolute atomic E-state index is 11.4. The smallest absolute Gasteiger partial charge is 0.224 e. The van der Waals surface area contributed by atoms with E-state index in [1.165, 1.54) is 9.80 Å². The summed E-state index contributed by atoms with van der Waals surface area (Å²) in [6.07, 6.45) is -0.406. The van der Waals surface area contributed by atoms with Crippen LogP contribution < -0.4 is 0 Å². The Labute approximate surface area is 93.4 Å². The predicted molar refractivity (Wildman–Crippen MR) is 53.9 cm³/mol. The van der Waals surface area contributed by atoms with Gasteiger partial charge in [0.05, 0.1) is 0 Å². The van der Waals surface area contributed by atoms with Gasteiger partial charge in [-0.1, -0.05) is 0 Å². The van der Waals surface area contributed by atoms with Gasteiger partial charge in [0, 0.05) is 25.9 Å². The first-order valence-electron chi connectivity index (χ1n) is 5.56. The zero-order valence-electron chi connectivity index (χ0n) is 9.00. The second-order valence-electron chi connectivity index (χ2n) is 4.21. The van der Waals surface area contributed by atoms with Crippen LogP contribution in [-0.4, -0.2) is 57.4 Å². The number of aliphatic hydroxyl groups is 2. The van der Waals surface area contributed by atoms with E-state index in [2.05, 4.69) is 0 Å². The van der Waals surface area contributed by atoms with E-state index < -0.39 is 12.5 Å². The molecule has 90 valence electrons. The maximum atomic E-state index is 11.4. The van der Waals surface area contributed by atoms with Crippen molar-refractivity contribution >= 4 is 11.8 Å². The molecule has 2 fully saturated rings. The molecule has 2 aliphatic heterocycles. The topological polar surface area (TPSA) is 81.1 Å². The van der Waals surface area contributed by atoms with Crippen molar-refractivity contribution in [2.75, 3.05) is 13.1 Å². The molecule has 2 aliphatic rings. The number of hydrogen-bond donors (Lipinski definition) is 2. The number of aliphatic hydroxyl groups excluding tert-OH is 2. The summed E-state index contributed by atoms with van der Waals surface area (Å²) in [7, 11) is 0. The summed E-state index contributed by atoms with van der Waals surface area (Å²) in [5.74, 6) is -0.337. The Kier molecular flexibility index (Phi) is 3.11. The molecule has 0 bridgehead atoms. The third-order valence-electron chi connectivity index (χ3n) is 3.13. The van der Waals surface area contributed by atoms with Gasteiger partial charge in [0.15, 0.2) is 12.5 Å². The molecule has 2 amide bonds. The van der Waals surface area contributed by atoms with Gasteiger partial charge in [0.2, 0.25) is 11.8 Å². The van der Waals surface area contributed by atoms with E-state index in [4.69, 9.17) is 0 Å². The number of carbonyl (C=O) groups is 2. The molecular formula is C10H16N2O4. The van der Waals surface area contributed by atoms with Crippen molar-refractivity contribution in [3.8, 4) is 0 Å². The van der Waals surface area contributed by atoms with Gasteiger partial charge >= 0.3 is 0 Å². The molecule has 2 saturated heterocycles. The minimum atomic E-state index is -1.29. The van der Waals surface area contributed by atoms with Crippen molar-refractivity contribution in [3.63, 3.8) is 0 Å². The third kappa shape index (κ3) is 1.90. The molecule has 16 heavy (non-hydrogen) atoms. The number of nitrogens with zero attached hydrogens (tertiary/aromatic N) is 2. The van der Waals surface area contributed by atoms with Crippen LogP contribution in [0.4, 0.5) is 0 Å². The predicted octanol–water partition coefficient (Wildman–Crippen LogP) is -1.13. The molecule has 0 aromatic rings. The van der Waals surface area contributed by atoms with E-state index in [0.29, 0.717) is 38.8 Å². The molecular weight excluding hydrogens is 212 g/mol. The monoisotopic (exact) mass is 228 g/mol. The summed E-state index contributed by atoms with van der Waals surface area (Å²) in [6, 6.07) is 0. The second kappa shape index (κ2) is 4.39. The summed E-state index contributed by atoms with van der Waals surface area (Å²) >= 11 is 0. The average Bonchev–Trinajstić information content (AvgIpc) is 2.85. The molecule has 6 nitrogen and oxygen atoms in total. The molecule has 0 aromatic heterocycles. The molecule has 0 saturated carbocycles. The number of rotatable bonds is 3. The van der Waals surface area contributed by atoms with E-state index in [0.717, 1.165) is 0 Å². The maximum Gasteiger partial charge on any atom is 0.224 e. The number of hydrogen-bond acceptors (Lipinski definition) is 4. The average molecular weight is 228 g/mol. The second-order valence-corrected chi connectivity index (χ2v) is 4.21. The van der Waals surface area contributed by atoms with Gasteiger partial charge < -0.3 is 20.0 Å². The number of amides is 2. The van der Waals surface area contributed by atoms with E-state index in [-0.39, 0.29) is 11.8 Å². The lowest BCUT2D eigenvalue weighted by Gasteiger charge is -2.32. The molecule has 0 aliphatic carbocycles. The molecule has 0 unspecified atom stereocenters. The Morgan fingerprint density at radius 1 is 0.875 bits per heavy atom. The van der Waals surface area contributed by atoms with E-state index >= 15 is 0 Å². The summed E-state index contributed by atoms with van der Waals surface area (Å²) in [5.41, 5.74) is 0. The number of likely N-dealkylation sites (tertiary alicyclic amines) is 2. The van der Waals surface area contributed by atoms with Crippen molar-refractivity contribution in [1.29, 1.82) is 0 Å². The highest BCUT2D eigenvalue weighted by molar-refractivity contribution is 5.79. The first-order chi connectivity index (χ1) is 7.61. The van der Waals surface area contributed by atoms with Crippen LogP contribution in [0.25, 0.3) is 0 Å². The SMILES string of the molecule is O=C1CCCN1[C@H](O)[C@H](O)N1CCCC1=O. The van der Waals surface area contributed by atoms with Crippen LogP contribution in [-0.2, 0) is 9.59 Å². The first-order valence-corrected chi connectivity index (χ1v) is 5.56. The number of carbonyl (C=O) groups excluding carboxylic acids is 2. The van der Waals surface area contributed by atoms with Gasteiger partial charge in [0.25, 0.3) is 0 Å². The van der Waals surface area contributed by atoms with Crippen molar-refractivity contribution < 1.29 is 19.8 Å². The molecule has 2 heterocycles. The Hall–Kier alpha value is -1.14. The lowest BCUT2D eigenvalue weighted by Crippen LogP contribution is -2.52. The largest absolute Gasteiger partial charge is 0.369 e. The van der Waals surface area contributed by atoms with Crippen LogP contribution in [0.2, 0.25) is 0 Å². The molecule has 0 aromatic carbocycles. The van der Waals surface area contributed by atoms with Crippen molar-refractivity contribution in [1.82, 2.24) is 9.80 Å². The lowest BCUT2D eigenvalue weighted by atomic mass is 10.3. The Morgan fingerprint density at radius 2 is 1.25 bits per heavy atom. The highest BCUT2D eigenvalue weighted by Crippen LogP contribution is 2.19. The zero-order chi connectivity index (χ0) is 11.7. The Bertz CT molecular complexity index is 277. The van der Waals surface area contributed by atoms with Gasteiger partial charge in [-0.2, -0.15) is 0 Å². The van der Waals surface area contributed by atoms with Crippen LogP contribution in [0.5, 0.6) is 0 Å². The highest BCUT2D eigenvalue weighted by atomic mass is 16.4. The molecule has 2 rings (SSSR count). The van der Waals surface area contributed by atoms with Crippen molar-refractivity contribution in [2.24, 2.45) is 0 Å². The standard InChI is InChI=1S/C10H16N2O4/c13-7-3-1-5-11(7)9(15)10(16)12-6-2-4-8(12)14/h9-10,15-16H,1-6H2/t9-,10+. The van der Waals surface area contributed by atoms with Crippen LogP contribution in [0.15, 0.2) is 0 Å². The fourth-order valence-electron chi connectivity index (χ4n) is 2.22. The van der Waals surface area contributed by atoms with Crippen LogP contribution in [0.3, 0.4) is 0 Å². The summed E-state index contributed by atoms with van der Waals surface area (Å²) in [6.45, 7) is 0.887. The van der Waals surface area contributed by atoms with Crippen LogP contribution in [0.1, 0.15) is 25.7 Å². The van der Waals surface area contributed by atoms with E-state index in [1.54, 1.807) is 0 Å². The van der Waals surface area contributed by atoms with Crippen molar-refractivity contribution in [3.05, 3.63) is 0 Å². The summed E-state index contributed by atoms with van der Waals surface area (Å²) in [4.78, 5) is 25.2. The normalized spacial score (nSPS) is 25.4. The Balaban J connectivity index is 2.00. The van der Waals surface area contributed by atoms with Gasteiger partial charge in [0.1, 0.15) is 0 Å². The van der Waals surface area contributed by atoms with Crippen LogP contribution in [0, 0.1) is 0 Å². The first kappa shape index (κ1) is 11.3. The third-order valence-corrected chi connectivity index (χ3v) is 3.13. The van der Waals surface area contributed by atoms with E-state index in [9.17, 15) is 19.8 Å². The summed E-state index contributed by atoms with van der Waals surface area (Å²) in [5, 5.41) is 19.7. The van der Waals surface area contributed by atoms with Gasteiger partial charge in [-0.05, 0) is 12.8 Å². The van der Waals surface area contributed by atoms with Crippen LogP contribution >= 0.6 is 0 Å². The molecule has 2 N–H and O–H groups in total. The summed E-state index contributed by atoms with van der Waals surface area (Å²) < 4.78 is 0. The molecule has 2 atom stereocenters. The van der Waals surface area contributed by atoms with Gasteiger partial charge in [-0.15, -0.1) is 0 Å². The van der Waals surface area contributed by atoms with Crippen molar-refractivity contribution in [2.45, 2.75) is 38.1 Å². The van der Waals surface area contributed by atoms with Gasteiger partial charge in [-0.3, -0.25) is 9.59 Å². The van der Waals surface area contributed by atoms with Gasteiger partial charge in [-0.25, -0.2) is 0 Å². The quantitative estimate of drug-likeness (QED) is 0.640.